The first-order valence-electron chi connectivity index (χ1n) is 6.36. The number of H-pyrrole nitrogens is 2. The van der Waals surface area contributed by atoms with Crippen LogP contribution in [0.1, 0.15) is 11.1 Å². The molecular formula is C13H15N7O3. The highest BCUT2D eigenvalue weighted by Crippen LogP contribution is 2.16. The third kappa shape index (κ3) is 3.39. The molecule has 2 aromatic rings. The summed E-state index contributed by atoms with van der Waals surface area (Å²) < 4.78 is 0. The molecule has 23 heavy (non-hydrogen) atoms. The number of rotatable bonds is 4. The number of anilines is 1. The molecule has 0 atom stereocenters. The minimum absolute atomic E-state index is 0.375. The van der Waals surface area contributed by atoms with Gasteiger partial charge in [0, 0.05) is 17.5 Å². The second kappa shape index (κ2) is 6.49. The molecule has 10 N–H and O–H groups in total. The lowest BCUT2D eigenvalue weighted by Gasteiger charge is -2.10. The summed E-state index contributed by atoms with van der Waals surface area (Å²) in [7, 11) is 0. The minimum atomic E-state index is -0.874. The van der Waals surface area contributed by atoms with Gasteiger partial charge in [0.2, 0.25) is 5.88 Å². The number of aromatic amines is 2. The third-order valence-corrected chi connectivity index (χ3v) is 2.96. The molecule has 0 bridgehead atoms. The van der Waals surface area contributed by atoms with Gasteiger partial charge >= 0.3 is 5.69 Å². The molecule has 0 saturated carbocycles. The first-order chi connectivity index (χ1) is 11.0. The maximum Gasteiger partial charge on any atom is 0.328 e. The lowest BCUT2D eigenvalue weighted by atomic mass is 10.1. The normalized spacial score (nSPS) is 11.1. The Hall–Kier alpha value is -3.53. The van der Waals surface area contributed by atoms with Crippen LogP contribution >= 0.6 is 0 Å². The van der Waals surface area contributed by atoms with Crippen molar-refractivity contribution < 1.29 is 5.11 Å². The number of hydrogen-bond donors (Lipinski definition) is 8. The van der Waals surface area contributed by atoms with Gasteiger partial charge in [0.1, 0.15) is 11.4 Å². The molecular weight excluding hydrogens is 302 g/mol. The van der Waals surface area contributed by atoms with Gasteiger partial charge in [-0.15, -0.1) is 0 Å². The monoisotopic (exact) mass is 317 g/mol. The summed E-state index contributed by atoms with van der Waals surface area (Å²) in [6, 6.07) is 6.62. The fourth-order valence-electron chi connectivity index (χ4n) is 1.87. The lowest BCUT2D eigenvalue weighted by Crippen LogP contribution is -2.30. The molecule has 0 fully saturated rings. The fraction of sp³-hybridized carbons (Fsp3) is 0. The molecule has 0 saturated heterocycles. The Morgan fingerprint density at radius 3 is 2.39 bits per heavy atom. The van der Waals surface area contributed by atoms with Gasteiger partial charge in [-0.1, -0.05) is 12.1 Å². The van der Waals surface area contributed by atoms with Crippen LogP contribution < -0.4 is 33.6 Å². The Morgan fingerprint density at radius 1 is 1.22 bits per heavy atom. The van der Waals surface area contributed by atoms with Crippen LogP contribution in [0.5, 0.6) is 5.88 Å². The SMILES string of the molecule is N=C(Nc1ccc(/C(=C/N)NN)cc1)c1c(O)[nH]c(=O)[nH]c1=O. The number of amidine groups is 1. The van der Waals surface area contributed by atoms with E-state index in [1.807, 2.05) is 9.97 Å². The molecule has 1 heterocycles. The second-order valence-corrected chi connectivity index (χ2v) is 4.43. The zero-order valence-corrected chi connectivity index (χ0v) is 11.8. The molecule has 1 aromatic carbocycles. The van der Waals surface area contributed by atoms with Gasteiger partial charge in [0.05, 0.1) is 5.70 Å². The van der Waals surface area contributed by atoms with E-state index in [4.69, 9.17) is 17.0 Å². The van der Waals surface area contributed by atoms with E-state index in [9.17, 15) is 14.7 Å². The number of aromatic nitrogens is 2. The highest BCUT2D eigenvalue weighted by Gasteiger charge is 2.14. The van der Waals surface area contributed by atoms with Crippen LogP contribution in [-0.2, 0) is 0 Å². The summed E-state index contributed by atoms with van der Waals surface area (Å²) in [4.78, 5) is 26.6. The van der Waals surface area contributed by atoms with Crippen LogP contribution in [0.2, 0.25) is 0 Å². The van der Waals surface area contributed by atoms with E-state index in [-0.39, 0.29) is 11.4 Å². The molecule has 0 aliphatic carbocycles. The Morgan fingerprint density at radius 2 is 1.87 bits per heavy atom. The molecule has 120 valence electrons. The van der Waals surface area contributed by atoms with E-state index in [2.05, 4.69) is 10.7 Å². The smallest absolute Gasteiger partial charge is 0.328 e. The van der Waals surface area contributed by atoms with Crippen LogP contribution in [0.15, 0.2) is 40.1 Å². The summed E-state index contributed by atoms with van der Waals surface area (Å²) in [6.07, 6.45) is 1.31. The molecule has 0 spiro atoms. The van der Waals surface area contributed by atoms with Gasteiger partial charge in [-0.25, -0.2) is 4.79 Å². The summed E-state index contributed by atoms with van der Waals surface area (Å²) in [6.45, 7) is 0. The Labute approximate surface area is 129 Å². The highest BCUT2D eigenvalue weighted by atomic mass is 16.3. The van der Waals surface area contributed by atoms with Crippen molar-refractivity contribution >= 4 is 17.2 Å². The molecule has 2 rings (SSSR count). The summed E-state index contributed by atoms with van der Waals surface area (Å²) in [5, 5.41) is 20.1. The molecule has 0 aliphatic heterocycles. The fourth-order valence-corrected chi connectivity index (χ4v) is 1.87. The van der Waals surface area contributed by atoms with Crippen molar-refractivity contribution in [2.24, 2.45) is 11.6 Å². The summed E-state index contributed by atoms with van der Waals surface area (Å²) in [5.74, 6) is 4.25. The number of aromatic hydroxyl groups is 1. The average molecular weight is 317 g/mol. The molecule has 0 unspecified atom stereocenters. The maximum atomic E-state index is 11.7. The van der Waals surface area contributed by atoms with Crippen LogP contribution in [0, 0.1) is 5.41 Å². The predicted octanol–water partition coefficient (Wildman–Crippen LogP) is -1.07. The van der Waals surface area contributed by atoms with Crippen molar-refractivity contribution in [3.8, 4) is 5.88 Å². The van der Waals surface area contributed by atoms with Crippen molar-refractivity contribution in [3.05, 3.63) is 62.4 Å². The third-order valence-electron chi connectivity index (χ3n) is 2.96. The van der Waals surface area contributed by atoms with Gasteiger partial charge in [0.25, 0.3) is 5.56 Å². The van der Waals surface area contributed by atoms with Crippen LogP contribution in [-0.4, -0.2) is 20.9 Å². The molecule has 10 heteroatoms. The lowest BCUT2D eigenvalue weighted by molar-refractivity contribution is 0.447. The topological polar surface area (TPSA) is 186 Å². The largest absolute Gasteiger partial charge is 0.494 e. The van der Waals surface area contributed by atoms with Crippen molar-refractivity contribution in [2.75, 3.05) is 5.32 Å². The Kier molecular flexibility index (Phi) is 4.47. The number of benzene rings is 1. The van der Waals surface area contributed by atoms with E-state index in [0.29, 0.717) is 11.4 Å². The number of nitrogens with two attached hydrogens (primary N) is 2. The minimum Gasteiger partial charge on any atom is -0.494 e. The van der Waals surface area contributed by atoms with E-state index in [1.54, 1.807) is 24.3 Å². The van der Waals surface area contributed by atoms with Gasteiger partial charge in [0.15, 0.2) is 0 Å². The van der Waals surface area contributed by atoms with E-state index in [0.717, 1.165) is 5.56 Å². The molecule has 1 aromatic heterocycles. The Balaban J connectivity index is 2.25. The quantitative estimate of drug-likeness (QED) is 0.152. The van der Waals surface area contributed by atoms with Crippen LogP contribution in [0.3, 0.4) is 0 Å². The van der Waals surface area contributed by atoms with Crippen molar-refractivity contribution in [1.29, 1.82) is 5.41 Å². The van der Waals surface area contributed by atoms with Crippen molar-refractivity contribution in [1.82, 2.24) is 15.4 Å². The first kappa shape index (κ1) is 15.9. The zero-order valence-electron chi connectivity index (χ0n) is 11.8. The summed E-state index contributed by atoms with van der Waals surface area (Å²) in [5.41, 5.74) is 7.45. The highest BCUT2D eigenvalue weighted by molar-refractivity contribution is 6.07. The van der Waals surface area contributed by atoms with Crippen LogP contribution in [0.4, 0.5) is 5.69 Å². The van der Waals surface area contributed by atoms with Crippen molar-refractivity contribution in [3.63, 3.8) is 0 Å². The van der Waals surface area contributed by atoms with E-state index in [1.165, 1.54) is 6.20 Å². The molecule has 0 radical (unpaired) electrons. The number of nitrogens with one attached hydrogen (secondary N) is 5. The maximum absolute atomic E-state index is 11.7. The standard InChI is InChI=1S/C13H15N7O3/c14-5-8(20-16)6-1-3-7(4-2-6)17-10(15)9-11(21)18-13(23)19-12(9)22/h1-5,20H,14,16H2,(H2,15,17)(H3,18,19,21,22,23)/b8-5-. The van der Waals surface area contributed by atoms with E-state index >= 15 is 0 Å². The number of hydrogen-bond acceptors (Lipinski definition) is 7. The molecule has 10 nitrogen and oxygen atoms in total. The van der Waals surface area contributed by atoms with Crippen LogP contribution in [0.25, 0.3) is 5.70 Å². The molecule has 0 amide bonds. The Bertz CT molecular complexity index is 864. The van der Waals surface area contributed by atoms with Crippen molar-refractivity contribution in [2.45, 2.75) is 0 Å². The summed E-state index contributed by atoms with van der Waals surface area (Å²) >= 11 is 0. The van der Waals surface area contributed by atoms with E-state index < -0.39 is 17.1 Å². The first-order valence-corrected chi connectivity index (χ1v) is 6.36. The second-order valence-electron chi connectivity index (χ2n) is 4.43. The van der Waals surface area contributed by atoms with Gasteiger partial charge < -0.3 is 21.6 Å². The average Bonchev–Trinajstić information content (AvgIpc) is 2.49. The number of hydrazine groups is 1. The van der Waals surface area contributed by atoms with Gasteiger partial charge in [-0.3, -0.25) is 26.0 Å². The van der Waals surface area contributed by atoms with Gasteiger partial charge in [-0.05, 0) is 12.1 Å². The molecule has 0 aliphatic rings. The zero-order chi connectivity index (χ0) is 17.0. The predicted molar refractivity (Wildman–Crippen MR) is 85.7 cm³/mol. The van der Waals surface area contributed by atoms with Gasteiger partial charge in [-0.2, -0.15) is 0 Å².